The van der Waals surface area contributed by atoms with Gasteiger partial charge in [-0.3, -0.25) is 14.5 Å². The van der Waals surface area contributed by atoms with Gasteiger partial charge in [0.05, 0.1) is 5.57 Å². The maximum atomic E-state index is 13.3. The van der Waals surface area contributed by atoms with E-state index < -0.39 is 0 Å². The first kappa shape index (κ1) is 19.9. The number of amides is 2. The summed E-state index contributed by atoms with van der Waals surface area (Å²) in [5.74, 6) is -0.616. The average molecular weight is 417 g/mol. The molecule has 1 aliphatic rings. The Hall–Kier alpha value is -3.37. The highest BCUT2D eigenvalue weighted by atomic mass is 35.5. The second-order valence-electron chi connectivity index (χ2n) is 7.25. The van der Waals surface area contributed by atoms with Gasteiger partial charge >= 0.3 is 0 Å². The van der Waals surface area contributed by atoms with E-state index in [1.165, 1.54) is 4.90 Å². The van der Waals surface area contributed by atoms with Crippen LogP contribution in [0.2, 0.25) is 5.02 Å². The number of carbonyl (C=O) groups excluding carboxylic acids is 2. The van der Waals surface area contributed by atoms with Crippen molar-refractivity contribution in [2.24, 2.45) is 0 Å². The van der Waals surface area contributed by atoms with Gasteiger partial charge in [0.15, 0.2) is 0 Å². The van der Waals surface area contributed by atoms with Crippen LogP contribution >= 0.6 is 11.6 Å². The van der Waals surface area contributed by atoms with Gasteiger partial charge in [-0.25, -0.2) is 0 Å². The van der Waals surface area contributed by atoms with Crippen molar-refractivity contribution in [1.29, 1.82) is 0 Å². The van der Waals surface area contributed by atoms with Crippen molar-refractivity contribution in [2.75, 3.05) is 11.9 Å². The van der Waals surface area contributed by atoms with Crippen molar-refractivity contribution in [3.8, 4) is 0 Å². The zero-order valence-corrected chi connectivity index (χ0v) is 17.3. The largest absolute Gasteiger partial charge is 0.350 e. The van der Waals surface area contributed by atoms with E-state index in [0.29, 0.717) is 34.8 Å². The number of rotatable bonds is 6. The number of hydrogen-bond donors (Lipinski definition) is 1. The molecular weight excluding hydrogens is 396 g/mol. The van der Waals surface area contributed by atoms with Crippen LogP contribution in [0, 0.1) is 6.92 Å². The normalized spacial score (nSPS) is 13.9. The van der Waals surface area contributed by atoms with Gasteiger partial charge in [0.2, 0.25) is 0 Å². The minimum atomic E-state index is -0.318. The van der Waals surface area contributed by atoms with Crippen LogP contribution in [0.5, 0.6) is 0 Å². The minimum Gasteiger partial charge on any atom is -0.350 e. The Morgan fingerprint density at radius 1 is 0.833 bits per heavy atom. The quantitative estimate of drug-likeness (QED) is 0.570. The number of nitrogens with zero attached hydrogens (tertiary/aromatic N) is 1. The van der Waals surface area contributed by atoms with Gasteiger partial charge in [-0.15, -0.1) is 0 Å². The van der Waals surface area contributed by atoms with Crippen molar-refractivity contribution >= 4 is 34.7 Å². The molecule has 0 unspecified atom stereocenters. The molecule has 150 valence electrons. The lowest BCUT2D eigenvalue weighted by atomic mass is 10.0. The molecule has 0 atom stereocenters. The number of halogens is 1. The molecule has 1 aliphatic heterocycles. The summed E-state index contributed by atoms with van der Waals surface area (Å²) in [7, 11) is 0. The van der Waals surface area contributed by atoms with E-state index in [2.05, 4.69) is 5.32 Å². The van der Waals surface area contributed by atoms with Crippen molar-refractivity contribution in [1.82, 2.24) is 4.90 Å². The van der Waals surface area contributed by atoms with Crippen LogP contribution in [-0.2, 0) is 16.0 Å². The van der Waals surface area contributed by atoms with Crippen LogP contribution in [0.4, 0.5) is 5.69 Å². The molecule has 0 saturated heterocycles. The molecule has 0 fully saturated rings. The van der Waals surface area contributed by atoms with Crippen LogP contribution in [0.3, 0.4) is 0 Å². The topological polar surface area (TPSA) is 49.4 Å². The van der Waals surface area contributed by atoms with Crippen molar-refractivity contribution in [3.05, 3.63) is 106 Å². The SMILES string of the molecule is Cc1ccc(NC2=C(c3ccc(Cl)cc3)C(=O)N(CCc3ccccc3)C2=O)cc1. The smallest absolute Gasteiger partial charge is 0.278 e. The summed E-state index contributed by atoms with van der Waals surface area (Å²) in [6.45, 7) is 2.32. The summed E-state index contributed by atoms with van der Waals surface area (Å²) < 4.78 is 0. The Balaban J connectivity index is 1.66. The summed E-state index contributed by atoms with van der Waals surface area (Å²) in [5.41, 5.74) is 4.27. The Labute approximate surface area is 180 Å². The molecule has 0 saturated carbocycles. The van der Waals surface area contributed by atoms with Gasteiger partial charge in [-0.1, -0.05) is 71.8 Å². The second kappa shape index (κ2) is 8.56. The van der Waals surface area contributed by atoms with Crippen LogP contribution in [0.15, 0.2) is 84.6 Å². The molecule has 4 rings (SSSR count). The molecule has 1 heterocycles. The predicted molar refractivity (Wildman–Crippen MR) is 120 cm³/mol. The molecule has 4 nitrogen and oxygen atoms in total. The van der Waals surface area contributed by atoms with Crippen LogP contribution in [0.25, 0.3) is 5.57 Å². The number of imide groups is 1. The minimum absolute atomic E-state index is 0.291. The van der Waals surface area contributed by atoms with Crippen LogP contribution in [0.1, 0.15) is 16.7 Å². The summed E-state index contributed by atoms with van der Waals surface area (Å²) in [4.78, 5) is 27.8. The average Bonchev–Trinajstić information content (AvgIpc) is 2.99. The summed E-state index contributed by atoms with van der Waals surface area (Å²) in [6.07, 6.45) is 0.601. The van der Waals surface area contributed by atoms with Gasteiger partial charge in [0.1, 0.15) is 5.70 Å². The first-order valence-electron chi connectivity index (χ1n) is 9.77. The highest BCUT2D eigenvalue weighted by Crippen LogP contribution is 2.31. The van der Waals surface area contributed by atoms with Gasteiger partial charge < -0.3 is 5.32 Å². The third kappa shape index (κ3) is 4.14. The Morgan fingerprint density at radius 2 is 1.50 bits per heavy atom. The molecule has 0 radical (unpaired) electrons. The van der Waals surface area contributed by atoms with E-state index in [-0.39, 0.29) is 11.8 Å². The van der Waals surface area contributed by atoms with Crippen LogP contribution < -0.4 is 5.32 Å². The molecule has 5 heteroatoms. The summed E-state index contributed by atoms with van der Waals surface area (Å²) in [5, 5.41) is 3.75. The zero-order chi connectivity index (χ0) is 21.1. The number of nitrogens with one attached hydrogen (secondary N) is 1. The van der Waals surface area contributed by atoms with Crippen molar-refractivity contribution < 1.29 is 9.59 Å². The van der Waals surface area contributed by atoms with Crippen molar-refractivity contribution in [2.45, 2.75) is 13.3 Å². The lowest BCUT2D eigenvalue weighted by molar-refractivity contribution is -0.136. The number of anilines is 1. The first-order valence-corrected chi connectivity index (χ1v) is 10.1. The monoisotopic (exact) mass is 416 g/mol. The fourth-order valence-corrected chi connectivity index (χ4v) is 3.57. The van der Waals surface area contributed by atoms with Gasteiger partial charge in [-0.2, -0.15) is 0 Å². The molecule has 0 spiro atoms. The second-order valence-corrected chi connectivity index (χ2v) is 7.68. The number of benzene rings is 3. The maximum absolute atomic E-state index is 13.3. The molecule has 0 aliphatic carbocycles. The van der Waals surface area contributed by atoms with E-state index in [0.717, 1.165) is 16.8 Å². The summed E-state index contributed by atoms with van der Waals surface area (Å²) in [6, 6.07) is 24.5. The summed E-state index contributed by atoms with van der Waals surface area (Å²) >= 11 is 6.02. The number of aryl methyl sites for hydroxylation is 1. The Morgan fingerprint density at radius 3 is 2.17 bits per heavy atom. The molecular formula is C25H21ClN2O2. The van der Waals surface area contributed by atoms with Gasteiger partial charge in [0.25, 0.3) is 11.8 Å². The lowest BCUT2D eigenvalue weighted by Gasteiger charge is -2.15. The fourth-order valence-electron chi connectivity index (χ4n) is 3.45. The van der Waals surface area contributed by atoms with E-state index in [4.69, 9.17) is 11.6 Å². The molecule has 0 aromatic heterocycles. The van der Waals surface area contributed by atoms with E-state index in [9.17, 15) is 9.59 Å². The van der Waals surface area contributed by atoms with E-state index in [1.807, 2.05) is 61.5 Å². The maximum Gasteiger partial charge on any atom is 0.278 e. The molecule has 1 N–H and O–H groups in total. The molecule has 0 bridgehead atoms. The van der Waals surface area contributed by atoms with Gasteiger partial charge in [0, 0.05) is 17.3 Å². The molecule has 3 aromatic carbocycles. The fraction of sp³-hybridized carbons (Fsp3) is 0.120. The number of hydrogen-bond acceptors (Lipinski definition) is 3. The van der Waals surface area contributed by atoms with Gasteiger partial charge in [-0.05, 0) is 48.7 Å². The lowest BCUT2D eigenvalue weighted by Crippen LogP contribution is -2.34. The van der Waals surface area contributed by atoms with Crippen LogP contribution in [-0.4, -0.2) is 23.3 Å². The predicted octanol–water partition coefficient (Wildman–Crippen LogP) is 5.08. The Bertz CT molecular complexity index is 1100. The molecule has 30 heavy (non-hydrogen) atoms. The third-order valence-corrected chi connectivity index (χ3v) is 5.34. The first-order chi connectivity index (χ1) is 14.5. The Kier molecular flexibility index (Phi) is 5.68. The van der Waals surface area contributed by atoms with Crippen molar-refractivity contribution in [3.63, 3.8) is 0 Å². The molecule has 3 aromatic rings. The molecule has 2 amide bonds. The standard InChI is InChI=1S/C25H21ClN2O2/c1-17-7-13-21(14-8-17)27-23-22(19-9-11-20(26)12-10-19)24(29)28(25(23)30)16-15-18-5-3-2-4-6-18/h2-14,27H,15-16H2,1H3. The third-order valence-electron chi connectivity index (χ3n) is 5.09. The highest BCUT2D eigenvalue weighted by Gasteiger charge is 2.38. The highest BCUT2D eigenvalue weighted by molar-refractivity contribution is 6.36. The zero-order valence-electron chi connectivity index (χ0n) is 16.6. The van der Waals surface area contributed by atoms with E-state index >= 15 is 0 Å². The van der Waals surface area contributed by atoms with E-state index in [1.54, 1.807) is 24.3 Å². The number of carbonyl (C=O) groups is 2.